The van der Waals surface area contributed by atoms with Crippen molar-refractivity contribution in [1.82, 2.24) is 0 Å². The maximum Gasteiger partial charge on any atom is 0.203 e. The summed E-state index contributed by atoms with van der Waals surface area (Å²) in [7, 11) is 0. The fourth-order valence-electron chi connectivity index (χ4n) is 2.77. The second-order valence-electron chi connectivity index (χ2n) is 5.54. The minimum atomic E-state index is -0.573. The number of carbonyl (C=O) groups excluding carboxylic acids is 1. The number of aryl methyl sites for hydroxylation is 2. The molecular weight excluding hydrogens is 319 g/mol. The van der Waals surface area contributed by atoms with E-state index in [4.69, 9.17) is 27.9 Å². The van der Waals surface area contributed by atoms with E-state index in [9.17, 15) is 4.79 Å². The van der Waals surface area contributed by atoms with Crippen molar-refractivity contribution in [2.75, 3.05) is 0 Å². The van der Waals surface area contributed by atoms with Gasteiger partial charge < -0.3 is 4.74 Å². The Morgan fingerprint density at radius 1 is 1.05 bits per heavy atom. The molecule has 0 aromatic heterocycles. The van der Waals surface area contributed by atoms with Gasteiger partial charge in [0.05, 0.1) is 10.0 Å². The molecule has 0 aliphatic heterocycles. The Morgan fingerprint density at radius 2 is 1.82 bits per heavy atom. The van der Waals surface area contributed by atoms with Crippen LogP contribution in [0.4, 0.5) is 0 Å². The summed E-state index contributed by atoms with van der Waals surface area (Å²) in [6.45, 7) is 1.75. The first-order valence-corrected chi connectivity index (χ1v) is 8.08. The van der Waals surface area contributed by atoms with E-state index in [0.29, 0.717) is 21.4 Å². The number of rotatable bonds is 4. The predicted molar refractivity (Wildman–Crippen MR) is 89.3 cm³/mol. The van der Waals surface area contributed by atoms with Gasteiger partial charge in [-0.05, 0) is 55.5 Å². The first-order valence-electron chi connectivity index (χ1n) is 7.32. The number of hydrogen-bond acceptors (Lipinski definition) is 2. The molecule has 1 aliphatic carbocycles. The number of fused-ring (bicyclic) bond motifs is 1. The Morgan fingerprint density at radius 3 is 2.59 bits per heavy atom. The monoisotopic (exact) mass is 334 g/mol. The number of halogens is 2. The summed E-state index contributed by atoms with van der Waals surface area (Å²) in [6.07, 6.45) is 2.76. The molecule has 0 bridgehead atoms. The standard InChI is InChI=1S/C18H16Cl2O2/c1-11(22-15-7-8-16(19)17(20)10-15)18(21)14-6-5-12-3-2-4-13(12)9-14/h5-11H,2-4H2,1H3/t11-/m0/s1. The molecule has 2 aromatic carbocycles. The Bertz CT molecular complexity index is 725. The normalized spacial score (nSPS) is 14.5. The zero-order valence-corrected chi connectivity index (χ0v) is 13.7. The summed E-state index contributed by atoms with van der Waals surface area (Å²) in [5, 5.41) is 0.878. The molecule has 0 saturated heterocycles. The van der Waals surface area contributed by atoms with Gasteiger partial charge in [-0.1, -0.05) is 35.3 Å². The lowest BCUT2D eigenvalue weighted by Gasteiger charge is -2.15. The molecule has 0 spiro atoms. The van der Waals surface area contributed by atoms with Gasteiger partial charge in [-0.25, -0.2) is 0 Å². The second-order valence-corrected chi connectivity index (χ2v) is 6.35. The lowest BCUT2D eigenvalue weighted by molar-refractivity contribution is 0.0818. The average Bonchev–Trinajstić information content (AvgIpc) is 2.97. The van der Waals surface area contributed by atoms with Crippen molar-refractivity contribution in [3.8, 4) is 5.75 Å². The number of Topliss-reactive ketones (excluding diaryl/α,β-unsaturated/α-hetero) is 1. The third-order valence-electron chi connectivity index (χ3n) is 3.96. The molecule has 0 fully saturated rings. The van der Waals surface area contributed by atoms with E-state index in [2.05, 4.69) is 6.07 Å². The van der Waals surface area contributed by atoms with Crippen molar-refractivity contribution in [3.63, 3.8) is 0 Å². The minimum Gasteiger partial charge on any atom is -0.483 e. The zero-order chi connectivity index (χ0) is 15.7. The molecule has 0 amide bonds. The molecule has 1 atom stereocenters. The second kappa shape index (κ2) is 6.31. The smallest absolute Gasteiger partial charge is 0.203 e. The minimum absolute atomic E-state index is 0.0271. The van der Waals surface area contributed by atoms with Gasteiger partial charge in [0.2, 0.25) is 5.78 Å². The van der Waals surface area contributed by atoms with Crippen LogP contribution in [0.2, 0.25) is 10.0 Å². The van der Waals surface area contributed by atoms with E-state index < -0.39 is 6.10 Å². The first kappa shape index (κ1) is 15.4. The summed E-state index contributed by atoms with van der Waals surface area (Å²) >= 11 is 11.8. The van der Waals surface area contributed by atoms with Crippen molar-refractivity contribution in [1.29, 1.82) is 0 Å². The number of carbonyl (C=O) groups is 1. The van der Waals surface area contributed by atoms with Crippen molar-refractivity contribution in [3.05, 3.63) is 63.1 Å². The number of hydrogen-bond donors (Lipinski definition) is 0. The first-order chi connectivity index (χ1) is 10.5. The third-order valence-corrected chi connectivity index (χ3v) is 4.70. The van der Waals surface area contributed by atoms with Crippen LogP contribution in [0, 0.1) is 0 Å². The van der Waals surface area contributed by atoms with Gasteiger partial charge in [-0.3, -0.25) is 4.79 Å². The van der Waals surface area contributed by atoms with E-state index in [1.54, 1.807) is 25.1 Å². The summed E-state index contributed by atoms with van der Waals surface area (Å²) in [4.78, 5) is 12.5. The van der Waals surface area contributed by atoms with E-state index in [1.807, 2.05) is 12.1 Å². The Hall–Kier alpha value is -1.51. The highest BCUT2D eigenvalue weighted by Crippen LogP contribution is 2.28. The van der Waals surface area contributed by atoms with Crippen molar-refractivity contribution in [2.24, 2.45) is 0 Å². The van der Waals surface area contributed by atoms with Crippen LogP contribution < -0.4 is 4.74 Å². The highest BCUT2D eigenvalue weighted by Gasteiger charge is 2.20. The molecule has 2 aromatic rings. The fourth-order valence-corrected chi connectivity index (χ4v) is 3.06. The van der Waals surface area contributed by atoms with Gasteiger partial charge in [0.15, 0.2) is 6.10 Å². The molecule has 0 heterocycles. The molecule has 3 rings (SSSR count). The highest BCUT2D eigenvalue weighted by atomic mass is 35.5. The summed E-state index contributed by atoms with van der Waals surface area (Å²) in [5.74, 6) is 0.511. The molecule has 0 radical (unpaired) electrons. The van der Waals surface area contributed by atoms with Gasteiger partial charge >= 0.3 is 0 Å². The maximum atomic E-state index is 12.5. The summed E-state index contributed by atoms with van der Waals surface area (Å²) in [6, 6.07) is 10.9. The van der Waals surface area contributed by atoms with Crippen LogP contribution in [-0.4, -0.2) is 11.9 Å². The zero-order valence-electron chi connectivity index (χ0n) is 12.2. The SMILES string of the molecule is C[C@H](Oc1ccc(Cl)c(Cl)c1)C(=O)c1ccc2c(c1)CCC2. The number of benzene rings is 2. The van der Waals surface area contributed by atoms with E-state index in [-0.39, 0.29) is 5.78 Å². The van der Waals surface area contributed by atoms with Gasteiger partial charge in [0, 0.05) is 11.6 Å². The lowest BCUT2D eigenvalue weighted by atomic mass is 10.0. The van der Waals surface area contributed by atoms with Crippen LogP contribution >= 0.6 is 23.2 Å². The molecule has 0 unspecified atom stereocenters. The summed E-state index contributed by atoms with van der Waals surface area (Å²) < 4.78 is 5.69. The molecule has 0 saturated carbocycles. The molecule has 0 N–H and O–H groups in total. The molecule has 22 heavy (non-hydrogen) atoms. The van der Waals surface area contributed by atoms with Gasteiger partial charge in [0.25, 0.3) is 0 Å². The third kappa shape index (κ3) is 3.13. The van der Waals surface area contributed by atoms with Crippen LogP contribution in [0.5, 0.6) is 5.75 Å². The number of ether oxygens (including phenoxy) is 1. The van der Waals surface area contributed by atoms with E-state index in [1.165, 1.54) is 17.5 Å². The Balaban J connectivity index is 1.75. The van der Waals surface area contributed by atoms with Gasteiger partial charge in [0.1, 0.15) is 5.75 Å². The van der Waals surface area contributed by atoms with Crippen LogP contribution in [0.1, 0.15) is 34.8 Å². The van der Waals surface area contributed by atoms with Crippen LogP contribution in [0.3, 0.4) is 0 Å². The van der Waals surface area contributed by atoms with E-state index in [0.717, 1.165) is 12.8 Å². The predicted octanol–water partition coefficient (Wildman–Crippen LogP) is 5.13. The van der Waals surface area contributed by atoms with E-state index >= 15 is 0 Å². The molecular formula is C18H16Cl2O2. The quantitative estimate of drug-likeness (QED) is 0.724. The van der Waals surface area contributed by atoms with Crippen LogP contribution in [-0.2, 0) is 12.8 Å². The van der Waals surface area contributed by atoms with Crippen molar-refractivity contribution < 1.29 is 9.53 Å². The molecule has 2 nitrogen and oxygen atoms in total. The molecule has 1 aliphatic rings. The number of ketones is 1. The maximum absolute atomic E-state index is 12.5. The Labute approximate surface area is 140 Å². The van der Waals surface area contributed by atoms with Crippen molar-refractivity contribution >= 4 is 29.0 Å². The van der Waals surface area contributed by atoms with Gasteiger partial charge in [-0.15, -0.1) is 0 Å². The van der Waals surface area contributed by atoms with Gasteiger partial charge in [-0.2, -0.15) is 0 Å². The van der Waals surface area contributed by atoms with Crippen molar-refractivity contribution in [2.45, 2.75) is 32.3 Å². The topological polar surface area (TPSA) is 26.3 Å². The largest absolute Gasteiger partial charge is 0.483 e. The lowest BCUT2D eigenvalue weighted by Crippen LogP contribution is -2.24. The Kier molecular flexibility index (Phi) is 4.42. The molecule has 114 valence electrons. The summed E-state index contributed by atoms with van der Waals surface area (Å²) in [5.41, 5.74) is 3.34. The fraction of sp³-hybridized carbons (Fsp3) is 0.278. The highest BCUT2D eigenvalue weighted by molar-refractivity contribution is 6.42. The molecule has 4 heteroatoms. The average molecular weight is 335 g/mol. The van der Waals surface area contributed by atoms with Crippen LogP contribution in [0.25, 0.3) is 0 Å². The van der Waals surface area contributed by atoms with Crippen LogP contribution in [0.15, 0.2) is 36.4 Å².